The van der Waals surface area contributed by atoms with Crippen LogP contribution in [0.25, 0.3) is 55.8 Å². The average Bonchev–Trinajstić information content (AvgIpc) is 3.64. The van der Waals surface area contributed by atoms with Gasteiger partial charge in [-0.15, -0.1) is 0 Å². The van der Waals surface area contributed by atoms with Crippen LogP contribution in [0.1, 0.15) is 5.56 Å². The topological polar surface area (TPSA) is 102 Å². The minimum absolute atomic E-state index is 0.395. The van der Waals surface area contributed by atoms with Gasteiger partial charge in [-0.2, -0.15) is 5.10 Å². The average molecular weight is 543 g/mol. The lowest BCUT2D eigenvalue weighted by Gasteiger charge is -2.08. The number of aromatic nitrogens is 6. The van der Waals surface area contributed by atoms with Crippen molar-refractivity contribution >= 4 is 21.9 Å². The Labute approximate surface area is 233 Å². The summed E-state index contributed by atoms with van der Waals surface area (Å²) in [6, 6.07) is 24.2. The Hall–Kier alpha value is -5.57. The minimum Gasteiger partial charge on any atom is -0.497 e. The molecule has 5 heterocycles. The third-order valence-corrected chi connectivity index (χ3v) is 6.85. The van der Waals surface area contributed by atoms with Crippen LogP contribution in [-0.4, -0.2) is 37.2 Å². The van der Waals surface area contributed by atoms with Crippen molar-refractivity contribution in [2.24, 2.45) is 0 Å². The molecule has 2 N–H and O–H groups in total. The van der Waals surface area contributed by atoms with E-state index in [0.717, 1.165) is 38.9 Å². The summed E-state index contributed by atoms with van der Waals surface area (Å²) in [4.78, 5) is 17.3. The van der Waals surface area contributed by atoms with Gasteiger partial charge in [0.25, 0.3) is 0 Å². The summed E-state index contributed by atoms with van der Waals surface area (Å²) in [7, 11) is 1.51. The van der Waals surface area contributed by atoms with Crippen molar-refractivity contribution in [1.82, 2.24) is 30.1 Å². The van der Waals surface area contributed by atoms with Gasteiger partial charge in [0.15, 0.2) is 0 Å². The maximum absolute atomic E-state index is 14.3. The second-order valence-corrected chi connectivity index (χ2v) is 9.53. The van der Waals surface area contributed by atoms with Crippen molar-refractivity contribution < 1.29 is 13.9 Å². The Morgan fingerprint density at radius 2 is 1.71 bits per heavy atom. The van der Waals surface area contributed by atoms with Crippen LogP contribution in [0, 0.1) is 5.82 Å². The SMILES string of the molecule is COc1cc(F)cc(-c2nccc3[nH]c(-c4n[nH]c5ccc(-c6cncc(OCc7ccccc7)c6)nc45)cc23)c1. The molecule has 0 saturated carbocycles. The van der Waals surface area contributed by atoms with Crippen LogP contribution in [0.4, 0.5) is 4.39 Å². The van der Waals surface area contributed by atoms with E-state index in [-0.39, 0.29) is 0 Å². The van der Waals surface area contributed by atoms with Gasteiger partial charge in [-0.05, 0) is 48.0 Å². The number of benzene rings is 2. The zero-order valence-electron chi connectivity index (χ0n) is 21.9. The van der Waals surface area contributed by atoms with E-state index in [0.29, 0.717) is 40.6 Å². The number of halogens is 1. The summed E-state index contributed by atoms with van der Waals surface area (Å²) in [6.45, 7) is 0.448. The zero-order chi connectivity index (χ0) is 27.8. The fourth-order valence-electron chi connectivity index (χ4n) is 4.85. The molecule has 0 radical (unpaired) electrons. The van der Waals surface area contributed by atoms with Crippen LogP contribution < -0.4 is 9.47 Å². The molecule has 9 heteroatoms. The summed E-state index contributed by atoms with van der Waals surface area (Å²) in [5, 5.41) is 8.46. The normalized spacial score (nSPS) is 11.3. The maximum atomic E-state index is 14.3. The molecule has 0 aliphatic heterocycles. The predicted octanol–water partition coefficient (Wildman–Crippen LogP) is 6.96. The molecule has 0 atom stereocenters. The molecular formula is C32H23FN6O2. The lowest BCUT2D eigenvalue weighted by atomic mass is 10.1. The molecule has 41 heavy (non-hydrogen) atoms. The van der Waals surface area contributed by atoms with E-state index < -0.39 is 5.82 Å². The molecule has 0 spiro atoms. The molecular weight excluding hydrogens is 519 g/mol. The molecule has 7 aromatic rings. The molecule has 0 fully saturated rings. The first-order valence-corrected chi connectivity index (χ1v) is 12.9. The standard InChI is InChI=1S/C32H23FN6O2/c1-40-23-12-20(11-22(33)14-23)30-25-15-29(36-27(25)9-10-35-30)32-31-28(38-39-32)8-7-26(37-31)21-13-24(17-34-16-21)41-18-19-5-3-2-4-6-19/h2-17,36H,18H2,1H3,(H,38,39). The molecule has 8 nitrogen and oxygen atoms in total. The number of H-pyrrole nitrogens is 2. The smallest absolute Gasteiger partial charge is 0.138 e. The molecule has 200 valence electrons. The largest absolute Gasteiger partial charge is 0.497 e. The van der Waals surface area contributed by atoms with E-state index in [4.69, 9.17) is 14.5 Å². The second-order valence-electron chi connectivity index (χ2n) is 9.53. The third-order valence-electron chi connectivity index (χ3n) is 6.85. The van der Waals surface area contributed by atoms with Gasteiger partial charge in [0.05, 0.1) is 35.9 Å². The Bertz CT molecular complexity index is 2020. The van der Waals surface area contributed by atoms with E-state index in [2.05, 4.69) is 25.1 Å². The summed E-state index contributed by atoms with van der Waals surface area (Å²) < 4.78 is 25.5. The van der Waals surface area contributed by atoms with E-state index >= 15 is 0 Å². The summed E-state index contributed by atoms with van der Waals surface area (Å²) in [5.74, 6) is 0.687. The predicted molar refractivity (Wildman–Crippen MR) is 155 cm³/mol. The number of rotatable bonds is 7. The van der Waals surface area contributed by atoms with Crippen molar-refractivity contribution in [2.75, 3.05) is 7.11 Å². The van der Waals surface area contributed by atoms with Crippen LogP contribution >= 0.6 is 0 Å². The van der Waals surface area contributed by atoms with Gasteiger partial charge in [0, 0.05) is 40.5 Å². The molecule has 0 bridgehead atoms. The molecule has 0 aliphatic rings. The second kappa shape index (κ2) is 10.2. The number of fused-ring (bicyclic) bond motifs is 2. The minimum atomic E-state index is -0.395. The van der Waals surface area contributed by atoms with Crippen molar-refractivity contribution in [3.63, 3.8) is 0 Å². The van der Waals surface area contributed by atoms with Gasteiger partial charge in [-0.3, -0.25) is 15.1 Å². The molecule has 2 aromatic carbocycles. The van der Waals surface area contributed by atoms with Gasteiger partial charge in [-0.1, -0.05) is 30.3 Å². The van der Waals surface area contributed by atoms with Gasteiger partial charge >= 0.3 is 0 Å². The van der Waals surface area contributed by atoms with Crippen LogP contribution in [0.5, 0.6) is 11.5 Å². The highest BCUT2D eigenvalue weighted by atomic mass is 19.1. The Balaban J connectivity index is 1.24. The lowest BCUT2D eigenvalue weighted by Crippen LogP contribution is -1.96. The quantitative estimate of drug-likeness (QED) is 0.226. The number of nitrogens with one attached hydrogen (secondary N) is 2. The number of aromatic amines is 2. The van der Waals surface area contributed by atoms with Gasteiger partial charge in [0.1, 0.15) is 35.1 Å². The zero-order valence-corrected chi connectivity index (χ0v) is 21.9. The number of hydrogen-bond donors (Lipinski definition) is 2. The van der Waals surface area contributed by atoms with E-state index in [1.807, 2.05) is 60.7 Å². The highest BCUT2D eigenvalue weighted by molar-refractivity contribution is 5.99. The van der Waals surface area contributed by atoms with E-state index in [9.17, 15) is 4.39 Å². The Morgan fingerprint density at radius 1 is 0.829 bits per heavy atom. The van der Waals surface area contributed by atoms with Gasteiger partial charge in [-0.25, -0.2) is 9.37 Å². The van der Waals surface area contributed by atoms with Gasteiger partial charge < -0.3 is 14.5 Å². The number of pyridine rings is 3. The first kappa shape index (κ1) is 24.5. The number of hydrogen-bond acceptors (Lipinski definition) is 6. The van der Waals surface area contributed by atoms with Crippen molar-refractivity contribution in [1.29, 1.82) is 0 Å². The number of methoxy groups -OCH3 is 1. The van der Waals surface area contributed by atoms with E-state index in [1.165, 1.54) is 19.2 Å². The summed E-state index contributed by atoms with van der Waals surface area (Å²) in [5.41, 5.74) is 7.64. The number of nitrogens with zero attached hydrogens (tertiary/aromatic N) is 4. The van der Waals surface area contributed by atoms with Crippen LogP contribution in [0.15, 0.2) is 97.5 Å². The highest BCUT2D eigenvalue weighted by Gasteiger charge is 2.17. The van der Waals surface area contributed by atoms with Crippen molar-refractivity contribution in [3.05, 3.63) is 109 Å². The summed E-state index contributed by atoms with van der Waals surface area (Å²) >= 11 is 0. The Morgan fingerprint density at radius 3 is 2.59 bits per heavy atom. The van der Waals surface area contributed by atoms with Crippen molar-refractivity contribution in [2.45, 2.75) is 6.61 Å². The molecule has 5 aromatic heterocycles. The van der Waals surface area contributed by atoms with E-state index in [1.54, 1.807) is 24.7 Å². The third kappa shape index (κ3) is 4.74. The summed E-state index contributed by atoms with van der Waals surface area (Å²) in [6.07, 6.45) is 5.14. The van der Waals surface area contributed by atoms with Crippen LogP contribution in [0.3, 0.4) is 0 Å². The molecule has 0 saturated heterocycles. The highest BCUT2D eigenvalue weighted by Crippen LogP contribution is 2.34. The lowest BCUT2D eigenvalue weighted by molar-refractivity contribution is 0.305. The van der Waals surface area contributed by atoms with Crippen molar-refractivity contribution in [3.8, 4) is 45.4 Å². The first-order valence-electron chi connectivity index (χ1n) is 12.9. The monoisotopic (exact) mass is 542 g/mol. The molecule has 0 aliphatic carbocycles. The first-order chi connectivity index (χ1) is 20.1. The number of ether oxygens (including phenoxy) is 2. The van der Waals surface area contributed by atoms with Gasteiger partial charge in [0.2, 0.25) is 0 Å². The fourth-order valence-corrected chi connectivity index (χ4v) is 4.85. The Kier molecular flexibility index (Phi) is 6.09. The van der Waals surface area contributed by atoms with Crippen LogP contribution in [0.2, 0.25) is 0 Å². The molecule has 0 unspecified atom stereocenters. The van der Waals surface area contributed by atoms with Crippen LogP contribution in [-0.2, 0) is 6.61 Å². The fraction of sp³-hybridized carbons (Fsp3) is 0.0625. The molecule has 0 amide bonds. The maximum Gasteiger partial charge on any atom is 0.138 e. The molecule has 7 rings (SSSR count).